The molecule has 1 aromatic heterocycles. The molecule has 2 heterocycles. The van der Waals surface area contributed by atoms with Crippen LogP contribution in [-0.2, 0) is 4.74 Å². The highest BCUT2D eigenvalue weighted by atomic mass is 16.5. The fourth-order valence-corrected chi connectivity index (χ4v) is 1.95. The summed E-state index contributed by atoms with van der Waals surface area (Å²) in [5.74, 6) is 0.351. The molecule has 0 unspecified atom stereocenters. The first-order chi connectivity index (χ1) is 7.68. The van der Waals surface area contributed by atoms with Crippen molar-refractivity contribution in [1.29, 1.82) is 0 Å². The maximum atomic E-state index is 11.9. The SMILES string of the molecule is CC(C)c1cnn(C2CCOCC2)c(=O)c1. The molecule has 0 atom stereocenters. The van der Waals surface area contributed by atoms with Crippen LogP contribution < -0.4 is 5.56 Å². The van der Waals surface area contributed by atoms with Crippen LogP contribution in [0.25, 0.3) is 0 Å². The Bertz CT molecular complexity index is 406. The zero-order valence-corrected chi connectivity index (χ0v) is 9.85. The van der Waals surface area contributed by atoms with Crippen molar-refractivity contribution in [3.63, 3.8) is 0 Å². The number of ether oxygens (including phenoxy) is 1. The fraction of sp³-hybridized carbons (Fsp3) is 0.667. The quantitative estimate of drug-likeness (QED) is 0.765. The third kappa shape index (κ3) is 2.32. The smallest absolute Gasteiger partial charge is 0.267 e. The van der Waals surface area contributed by atoms with Gasteiger partial charge >= 0.3 is 0 Å². The van der Waals surface area contributed by atoms with E-state index in [0.717, 1.165) is 31.6 Å². The van der Waals surface area contributed by atoms with E-state index in [1.165, 1.54) is 0 Å². The molecule has 2 rings (SSSR count). The maximum Gasteiger partial charge on any atom is 0.267 e. The predicted molar refractivity (Wildman–Crippen MR) is 61.7 cm³/mol. The van der Waals surface area contributed by atoms with Crippen molar-refractivity contribution in [2.45, 2.75) is 38.6 Å². The van der Waals surface area contributed by atoms with Crippen LogP contribution in [0.1, 0.15) is 44.2 Å². The minimum atomic E-state index is 0.0121. The van der Waals surface area contributed by atoms with Gasteiger partial charge < -0.3 is 4.74 Å². The lowest BCUT2D eigenvalue weighted by molar-refractivity contribution is 0.0647. The van der Waals surface area contributed by atoms with Gasteiger partial charge in [-0.15, -0.1) is 0 Å². The van der Waals surface area contributed by atoms with Crippen LogP contribution in [0.3, 0.4) is 0 Å². The third-order valence-electron chi connectivity index (χ3n) is 3.05. The van der Waals surface area contributed by atoms with Crippen LogP contribution in [0.2, 0.25) is 0 Å². The van der Waals surface area contributed by atoms with Crippen molar-refractivity contribution in [3.8, 4) is 0 Å². The Hall–Kier alpha value is -1.16. The van der Waals surface area contributed by atoms with Crippen LogP contribution >= 0.6 is 0 Å². The van der Waals surface area contributed by atoms with E-state index in [0.29, 0.717) is 5.92 Å². The van der Waals surface area contributed by atoms with E-state index < -0.39 is 0 Å². The predicted octanol–water partition coefficient (Wildman–Crippen LogP) is 1.72. The maximum absolute atomic E-state index is 11.9. The van der Waals surface area contributed by atoms with Crippen LogP contribution in [-0.4, -0.2) is 23.0 Å². The van der Waals surface area contributed by atoms with Gasteiger partial charge in [-0.2, -0.15) is 5.10 Å². The number of hydrogen-bond donors (Lipinski definition) is 0. The molecule has 0 aromatic carbocycles. The molecule has 0 aliphatic carbocycles. The summed E-state index contributed by atoms with van der Waals surface area (Å²) in [6.07, 6.45) is 3.57. The van der Waals surface area contributed by atoms with Gasteiger partial charge in [0, 0.05) is 19.3 Å². The Morgan fingerprint density at radius 2 is 2.12 bits per heavy atom. The third-order valence-corrected chi connectivity index (χ3v) is 3.05. The van der Waals surface area contributed by atoms with E-state index in [1.54, 1.807) is 10.7 Å². The summed E-state index contributed by atoms with van der Waals surface area (Å²) in [6.45, 7) is 5.58. The molecule has 0 spiro atoms. The zero-order chi connectivity index (χ0) is 11.5. The Kier molecular flexibility index (Phi) is 3.39. The van der Waals surface area contributed by atoms with Crippen LogP contribution in [0.15, 0.2) is 17.1 Å². The molecule has 4 heteroatoms. The molecule has 88 valence electrons. The Balaban J connectivity index is 2.25. The summed E-state index contributed by atoms with van der Waals surface area (Å²) >= 11 is 0. The van der Waals surface area contributed by atoms with Gasteiger partial charge in [-0.3, -0.25) is 4.79 Å². The summed E-state index contributed by atoms with van der Waals surface area (Å²) in [5, 5.41) is 4.27. The molecule has 1 saturated heterocycles. The Morgan fingerprint density at radius 1 is 1.44 bits per heavy atom. The molecular formula is C12H18N2O2. The fourth-order valence-electron chi connectivity index (χ4n) is 1.95. The second-order valence-electron chi connectivity index (χ2n) is 4.57. The van der Waals surface area contributed by atoms with Gasteiger partial charge in [0.2, 0.25) is 0 Å². The van der Waals surface area contributed by atoms with Gasteiger partial charge in [-0.25, -0.2) is 4.68 Å². The van der Waals surface area contributed by atoms with Crippen molar-refractivity contribution in [2.75, 3.05) is 13.2 Å². The number of hydrogen-bond acceptors (Lipinski definition) is 3. The number of rotatable bonds is 2. The lowest BCUT2D eigenvalue weighted by Crippen LogP contribution is -2.31. The molecule has 0 radical (unpaired) electrons. The Labute approximate surface area is 95.2 Å². The molecule has 1 aliphatic heterocycles. The first kappa shape index (κ1) is 11.3. The molecule has 0 bridgehead atoms. The lowest BCUT2D eigenvalue weighted by atomic mass is 10.1. The summed E-state index contributed by atoms with van der Waals surface area (Å²) in [4.78, 5) is 11.9. The number of aromatic nitrogens is 2. The summed E-state index contributed by atoms with van der Waals surface area (Å²) in [7, 11) is 0. The van der Waals surface area contributed by atoms with Crippen molar-refractivity contribution >= 4 is 0 Å². The van der Waals surface area contributed by atoms with E-state index in [2.05, 4.69) is 18.9 Å². The standard InChI is InChI=1S/C12H18N2O2/c1-9(2)10-7-12(15)14(13-8-10)11-3-5-16-6-4-11/h7-9,11H,3-6H2,1-2H3. The molecule has 16 heavy (non-hydrogen) atoms. The van der Waals surface area contributed by atoms with E-state index in [1.807, 2.05) is 6.20 Å². The van der Waals surface area contributed by atoms with E-state index >= 15 is 0 Å². The molecule has 4 nitrogen and oxygen atoms in total. The first-order valence-corrected chi connectivity index (χ1v) is 5.85. The summed E-state index contributed by atoms with van der Waals surface area (Å²) < 4.78 is 6.89. The average molecular weight is 222 g/mol. The summed E-state index contributed by atoms with van der Waals surface area (Å²) in [6, 6.07) is 1.91. The molecule has 1 aromatic rings. The van der Waals surface area contributed by atoms with Gasteiger partial charge in [0.25, 0.3) is 5.56 Å². The summed E-state index contributed by atoms with van der Waals surface area (Å²) in [5.41, 5.74) is 1.02. The van der Waals surface area contributed by atoms with Crippen molar-refractivity contribution in [2.24, 2.45) is 0 Å². The lowest BCUT2D eigenvalue weighted by Gasteiger charge is -2.23. The van der Waals surface area contributed by atoms with Gasteiger partial charge in [-0.1, -0.05) is 13.8 Å². The normalized spacial score (nSPS) is 17.9. The monoisotopic (exact) mass is 222 g/mol. The van der Waals surface area contributed by atoms with Gasteiger partial charge in [0.15, 0.2) is 0 Å². The average Bonchev–Trinajstić information content (AvgIpc) is 2.30. The highest BCUT2D eigenvalue weighted by Crippen LogP contribution is 2.18. The molecule has 0 amide bonds. The van der Waals surface area contributed by atoms with Gasteiger partial charge in [0.05, 0.1) is 12.2 Å². The Morgan fingerprint density at radius 3 is 2.69 bits per heavy atom. The van der Waals surface area contributed by atoms with Crippen LogP contribution in [0, 0.1) is 0 Å². The molecular weight excluding hydrogens is 204 g/mol. The van der Waals surface area contributed by atoms with Crippen LogP contribution in [0.5, 0.6) is 0 Å². The van der Waals surface area contributed by atoms with E-state index in [9.17, 15) is 4.79 Å². The van der Waals surface area contributed by atoms with E-state index in [4.69, 9.17) is 4.74 Å². The minimum absolute atomic E-state index is 0.0121. The van der Waals surface area contributed by atoms with Crippen molar-refractivity contribution in [3.05, 3.63) is 28.2 Å². The largest absolute Gasteiger partial charge is 0.381 e. The highest BCUT2D eigenvalue weighted by Gasteiger charge is 2.17. The van der Waals surface area contributed by atoms with Crippen molar-refractivity contribution < 1.29 is 4.74 Å². The first-order valence-electron chi connectivity index (χ1n) is 5.85. The number of nitrogens with zero attached hydrogens (tertiary/aromatic N) is 2. The van der Waals surface area contributed by atoms with Gasteiger partial charge in [-0.05, 0) is 24.3 Å². The molecule has 1 aliphatic rings. The van der Waals surface area contributed by atoms with Crippen molar-refractivity contribution in [1.82, 2.24) is 9.78 Å². The molecule has 0 saturated carbocycles. The highest BCUT2D eigenvalue weighted by molar-refractivity contribution is 5.10. The van der Waals surface area contributed by atoms with E-state index in [-0.39, 0.29) is 11.6 Å². The zero-order valence-electron chi connectivity index (χ0n) is 9.85. The second kappa shape index (κ2) is 4.78. The molecule has 1 fully saturated rings. The van der Waals surface area contributed by atoms with Gasteiger partial charge in [0.1, 0.15) is 0 Å². The molecule has 0 N–H and O–H groups in total. The minimum Gasteiger partial charge on any atom is -0.381 e. The topological polar surface area (TPSA) is 44.1 Å². The second-order valence-corrected chi connectivity index (χ2v) is 4.57. The van der Waals surface area contributed by atoms with Crippen LogP contribution in [0.4, 0.5) is 0 Å².